The van der Waals surface area contributed by atoms with Gasteiger partial charge in [0.05, 0.1) is 0 Å². The summed E-state index contributed by atoms with van der Waals surface area (Å²) in [6.45, 7) is 11.3. The van der Waals surface area contributed by atoms with Crippen LogP contribution >= 0.6 is 0 Å². The van der Waals surface area contributed by atoms with Gasteiger partial charge in [-0.2, -0.15) is 0 Å². The predicted octanol–water partition coefficient (Wildman–Crippen LogP) is 4.16. The molecule has 104 valence electrons. The number of hydrogen-bond acceptors (Lipinski definition) is 2. The minimum absolute atomic E-state index is 0.0730. The molecule has 0 heterocycles. The minimum Gasteiger partial charge on any atom is -0.407 e. The van der Waals surface area contributed by atoms with Gasteiger partial charge in [0, 0.05) is 6.42 Å². The maximum atomic E-state index is 12.2. The van der Waals surface area contributed by atoms with Crippen LogP contribution < -0.4 is 0 Å². The van der Waals surface area contributed by atoms with E-state index >= 15 is 0 Å². The summed E-state index contributed by atoms with van der Waals surface area (Å²) in [4.78, 5) is 12.2. The van der Waals surface area contributed by atoms with E-state index in [4.69, 9.17) is 4.43 Å². The molecule has 0 aromatic rings. The summed E-state index contributed by atoms with van der Waals surface area (Å²) in [5.41, 5.74) is 0. The van der Waals surface area contributed by atoms with Gasteiger partial charge in [0.1, 0.15) is 6.10 Å². The topological polar surface area (TPSA) is 26.3 Å². The van der Waals surface area contributed by atoms with Crippen molar-refractivity contribution in [1.29, 1.82) is 0 Å². The Morgan fingerprint density at radius 3 is 2.39 bits per heavy atom. The van der Waals surface area contributed by atoms with E-state index in [9.17, 15) is 4.79 Å². The predicted molar refractivity (Wildman–Crippen MR) is 77.1 cm³/mol. The van der Waals surface area contributed by atoms with Gasteiger partial charge in [-0.15, -0.1) is 0 Å². The van der Waals surface area contributed by atoms with E-state index in [1.807, 2.05) is 0 Å². The fourth-order valence-electron chi connectivity index (χ4n) is 3.15. The monoisotopic (exact) mass is 268 g/mol. The second kappa shape index (κ2) is 4.75. The molecule has 2 fully saturated rings. The van der Waals surface area contributed by atoms with E-state index in [0.717, 1.165) is 6.42 Å². The zero-order valence-corrected chi connectivity index (χ0v) is 13.6. The lowest BCUT2D eigenvalue weighted by Crippen LogP contribution is -2.47. The van der Waals surface area contributed by atoms with Gasteiger partial charge in [-0.1, -0.05) is 33.6 Å². The summed E-state index contributed by atoms with van der Waals surface area (Å²) >= 11 is 0. The van der Waals surface area contributed by atoms with E-state index in [1.54, 1.807) is 0 Å². The molecule has 0 N–H and O–H groups in total. The van der Waals surface area contributed by atoms with E-state index in [0.29, 0.717) is 17.6 Å². The normalized spacial score (nSPS) is 33.6. The number of fused-ring (bicyclic) bond motifs is 1. The molecule has 2 saturated carbocycles. The summed E-state index contributed by atoms with van der Waals surface area (Å²) in [7, 11) is -1.81. The molecule has 3 heteroatoms. The summed E-state index contributed by atoms with van der Waals surface area (Å²) in [5, 5.41) is 0.194. The first-order chi connectivity index (χ1) is 8.22. The number of rotatable bonds is 2. The molecule has 0 saturated heterocycles. The molecule has 1 unspecified atom stereocenters. The maximum Gasteiger partial charge on any atom is 0.193 e. The second-order valence-electron chi connectivity index (χ2n) is 7.68. The zero-order chi connectivity index (χ0) is 13.6. The van der Waals surface area contributed by atoms with Crippen molar-refractivity contribution in [3.63, 3.8) is 0 Å². The van der Waals surface area contributed by atoms with Crippen LogP contribution in [0.5, 0.6) is 0 Å². The molecule has 2 aliphatic rings. The molecular weight excluding hydrogens is 240 g/mol. The molecule has 0 amide bonds. The van der Waals surface area contributed by atoms with Gasteiger partial charge >= 0.3 is 0 Å². The van der Waals surface area contributed by atoms with Crippen molar-refractivity contribution in [3.05, 3.63) is 0 Å². The van der Waals surface area contributed by atoms with E-state index in [1.165, 1.54) is 25.7 Å². The Balaban J connectivity index is 2.11. The van der Waals surface area contributed by atoms with Crippen LogP contribution in [0.2, 0.25) is 18.1 Å². The first kappa shape index (κ1) is 14.3. The molecule has 2 nitrogen and oxygen atoms in total. The Hall–Kier alpha value is -0.153. The van der Waals surface area contributed by atoms with Crippen molar-refractivity contribution in [2.75, 3.05) is 0 Å². The Bertz CT molecular complexity index is 330. The van der Waals surface area contributed by atoms with Gasteiger partial charge in [-0.3, -0.25) is 4.79 Å². The van der Waals surface area contributed by atoms with Gasteiger partial charge in [0.2, 0.25) is 0 Å². The van der Waals surface area contributed by atoms with E-state index < -0.39 is 8.32 Å². The Morgan fingerprint density at radius 2 is 1.78 bits per heavy atom. The third-order valence-corrected chi connectivity index (χ3v) is 9.82. The first-order valence-electron chi connectivity index (χ1n) is 7.43. The van der Waals surface area contributed by atoms with Crippen LogP contribution in [-0.4, -0.2) is 20.2 Å². The highest BCUT2D eigenvalue weighted by Crippen LogP contribution is 2.45. The largest absolute Gasteiger partial charge is 0.407 e. The molecule has 0 aromatic heterocycles. The zero-order valence-electron chi connectivity index (χ0n) is 12.6. The number of hydrogen-bond donors (Lipinski definition) is 0. The quantitative estimate of drug-likeness (QED) is 0.703. The molecule has 18 heavy (non-hydrogen) atoms. The van der Waals surface area contributed by atoms with Crippen molar-refractivity contribution in [3.8, 4) is 0 Å². The molecule has 2 rings (SSSR count). The summed E-state index contributed by atoms with van der Waals surface area (Å²) in [6.07, 6.45) is 5.75. The fourth-order valence-corrected chi connectivity index (χ4v) is 4.44. The van der Waals surface area contributed by atoms with Crippen LogP contribution in [0, 0.1) is 11.8 Å². The van der Waals surface area contributed by atoms with E-state index in [2.05, 4.69) is 33.9 Å². The molecule has 0 bridgehead atoms. The van der Waals surface area contributed by atoms with Crippen molar-refractivity contribution >= 4 is 14.1 Å². The minimum atomic E-state index is -1.81. The van der Waals surface area contributed by atoms with Gasteiger partial charge in [0.15, 0.2) is 14.1 Å². The van der Waals surface area contributed by atoms with Gasteiger partial charge in [-0.05, 0) is 42.8 Å². The molecule has 3 atom stereocenters. The van der Waals surface area contributed by atoms with E-state index in [-0.39, 0.29) is 11.1 Å². The van der Waals surface area contributed by atoms with Gasteiger partial charge < -0.3 is 4.43 Å². The summed E-state index contributed by atoms with van der Waals surface area (Å²) in [5.74, 6) is 1.54. The lowest BCUT2D eigenvalue weighted by atomic mass is 9.81. The van der Waals surface area contributed by atoms with Crippen LogP contribution in [0.4, 0.5) is 0 Å². The van der Waals surface area contributed by atoms with Crippen molar-refractivity contribution in [2.24, 2.45) is 11.8 Å². The smallest absolute Gasteiger partial charge is 0.193 e. The van der Waals surface area contributed by atoms with Crippen LogP contribution in [0.3, 0.4) is 0 Å². The fraction of sp³-hybridized carbons (Fsp3) is 0.933. The molecule has 0 spiro atoms. The number of ketones is 1. The van der Waals surface area contributed by atoms with Gasteiger partial charge in [-0.25, -0.2) is 0 Å². The Labute approximate surface area is 113 Å². The number of Topliss-reactive ketones (excluding diaryl/α,β-unsaturated/α-hetero) is 1. The van der Waals surface area contributed by atoms with Crippen molar-refractivity contribution in [1.82, 2.24) is 0 Å². The molecule has 0 aliphatic heterocycles. The number of carbonyl (C=O) groups excluding carboxylic acids is 1. The molecule has 2 aliphatic carbocycles. The van der Waals surface area contributed by atoms with Crippen LogP contribution in [0.15, 0.2) is 0 Å². The van der Waals surface area contributed by atoms with Crippen LogP contribution in [-0.2, 0) is 9.22 Å². The lowest BCUT2D eigenvalue weighted by Gasteiger charge is -2.40. The average Bonchev–Trinajstić information content (AvgIpc) is 2.54. The van der Waals surface area contributed by atoms with Gasteiger partial charge in [0.25, 0.3) is 0 Å². The van der Waals surface area contributed by atoms with Crippen molar-refractivity contribution in [2.45, 2.75) is 77.1 Å². The summed E-state index contributed by atoms with van der Waals surface area (Å²) in [6, 6.07) is 0. The Kier molecular flexibility index (Phi) is 3.76. The standard InChI is InChI=1S/C15H28O2Si/c1-15(2,3)18(4,5)17-14-12-9-7-6-8-11(12)10-13(14)16/h11-12,14H,6-10H2,1-5H3/t11-,12-,14?/m1/s1. The highest BCUT2D eigenvalue weighted by molar-refractivity contribution is 6.74. The van der Waals surface area contributed by atoms with Crippen molar-refractivity contribution < 1.29 is 9.22 Å². The highest BCUT2D eigenvalue weighted by atomic mass is 28.4. The summed E-state index contributed by atoms with van der Waals surface area (Å²) < 4.78 is 6.43. The molecule has 0 aromatic carbocycles. The number of carbonyl (C=O) groups is 1. The van der Waals surface area contributed by atoms with Crippen LogP contribution in [0.25, 0.3) is 0 Å². The highest BCUT2D eigenvalue weighted by Gasteiger charge is 2.48. The average molecular weight is 268 g/mol. The third kappa shape index (κ3) is 2.57. The molecule has 0 radical (unpaired) electrons. The Morgan fingerprint density at radius 1 is 1.17 bits per heavy atom. The SMILES string of the molecule is CC(C)(C)[Si](C)(C)OC1C(=O)C[C@H]2CCCC[C@@H]12. The maximum absolute atomic E-state index is 12.2. The third-order valence-electron chi connectivity index (χ3n) is 5.37. The molecular formula is C15H28O2Si. The second-order valence-corrected chi connectivity index (χ2v) is 12.4. The first-order valence-corrected chi connectivity index (χ1v) is 10.3. The lowest BCUT2D eigenvalue weighted by molar-refractivity contribution is -0.124. The van der Waals surface area contributed by atoms with Crippen LogP contribution in [0.1, 0.15) is 52.9 Å².